The van der Waals surface area contributed by atoms with Crippen LogP contribution in [0.2, 0.25) is 0 Å². The second-order valence-electron chi connectivity index (χ2n) is 3.67. The maximum atomic E-state index is 13.4. The fraction of sp³-hybridized carbons (Fsp3) is 0.231. The monoisotopic (exact) mass is 206 g/mol. The summed E-state index contributed by atoms with van der Waals surface area (Å²) in [6.07, 6.45) is 5.68. The average Bonchev–Trinajstić information content (AvgIpc) is 2.66. The van der Waals surface area contributed by atoms with Crippen molar-refractivity contribution in [1.82, 2.24) is 0 Å². The minimum Gasteiger partial charge on any atom is -0.207 e. The van der Waals surface area contributed by atoms with Crippen LogP contribution in [0.25, 0.3) is 5.57 Å². The SMILES string of the molecule is CCC1=CC=C(c2ccc(F)cc2F)C1. The fourth-order valence-electron chi connectivity index (χ4n) is 1.76. The fourth-order valence-corrected chi connectivity index (χ4v) is 1.76. The summed E-state index contributed by atoms with van der Waals surface area (Å²) in [7, 11) is 0. The first kappa shape index (κ1) is 10.1. The molecule has 1 aromatic rings. The lowest BCUT2D eigenvalue weighted by Gasteiger charge is -2.05. The van der Waals surface area contributed by atoms with Crippen molar-refractivity contribution in [3.8, 4) is 0 Å². The molecule has 0 aromatic heterocycles. The van der Waals surface area contributed by atoms with Gasteiger partial charge in [0.15, 0.2) is 0 Å². The van der Waals surface area contributed by atoms with Gasteiger partial charge in [0.25, 0.3) is 0 Å². The van der Waals surface area contributed by atoms with E-state index in [0.29, 0.717) is 5.56 Å². The molecule has 0 saturated carbocycles. The summed E-state index contributed by atoms with van der Waals surface area (Å²) in [4.78, 5) is 0. The lowest BCUT2D eigenvalue weighted by atomic mass is 10.0. The third kappa shape index (κ3) is 1.99. The smallest absolute Gasteiger partial charge is 0.133 e. The highest BCUT2D eigenvalue weighted by molar-refractivity contribution is 5.72. The Hall–Kier alpha value is -1.44. The van der Waals surface area contributed by atoms with Gasteiger partial charge in [-0.05, 0) is 30.5 Å². The van der Waals surface area contributed by atoms with E-state index >= 15 is 0 Å². The van der Waals surface area contributed by atoms with E-state index in [2.05, 4.69) is 6.92 Å². The van der Waals surface area contributed by atoms with Gasteiger partial charge in [0, 0.05) is 11.6 Å². The molecule has 78 valence electrons. The molecule has 0 saturated heterocycles. The first-order valence-corrected chi connectivity index (χ1v) is 5.04. The molecule has 0 amide bonds. The molecule has 0 aliphatic heterocycles. The van der Waals surface area contributed by atoms with Crippen LogP contribution in [0, 0.1) is 11.6 Å². The van der Waals surface area contributed by atoms with Crippen molar-refractivity contribution in [2.24, 2.45) is 0 Å². The molecule has 0 heterocycles. The Kier molecular flexibility index (Phi) is 2.67. The van der Waals surface area contributed by atoms with E-state index in [0.717, 1.165) is 24.5 Å². The molecule has 0 radical (unpaired) electrons. The van der Waals surface area contributed by atoms with E-state index in [4.69, 9.17) is 0 Å². The summed E-state index contributed by atoms with van der Waals surface area (Å²) >= 11 is 0. The topological polar surface area (TPSA) is 0 Å². The van der Waals surface area contributed by atoms with Gasteiger partial charge in [-0.25, -0.2) is 8.78 Å². The molecule has 0 bridgehead atoms. The Bertz CT molecular complexity index is 442. The van der Waals surface area contributed by atoms with Crippen LogP contribution in [-0.4, -0.2) is 0 Å². The van der Waals surface area contributed by atoms with Crippen molar-refractivity contribution in [2.75, 3.05) is 0 Å². The first-order chi connectivity index (χ1) is 7.20. The Morgan fingerprint density at radius 1 is 1.20 bits per heavy atom. The van der Waals surface area contributed by atoms with Crippen LogP contribution in [-0.2, 0) is 0 Å². The van der Waals surface area contributed by atoms with Gasteiger partial charge in [0.1, 0.15) is 11.6 Å². The molecule has 15 heavy (non-hydrogen) atoms. The second-order valence-corrected chi connectivity index (χ2v) is 3.67. The summed E-state index contributed by atoms with van der Waals surface area (Å²) < 4.78 is 26.1. The van der Waals surface area contributed by atoms with Crippen LogP contribution >= 0.6 is 0 Å². The van der Waals surface area contributed by atoms with E-state index in [1.807, 2.05) is 12.2 Å². The molecule has 1 aliphatic carbocycles. The minimum absolute atomic E-state index is 0.480. The quantitative estimate of drug-likeness (QED) is 0.683. The van der Waals surface area contributed by atoms with Crippen molar-refractivity contribution in [1.29, 1.82) is 0 Å². The summed E-state index contributed by atoms with van der Waals surface area (Å²) in [6.45, 7) is 2.07. The number of benzene rings is 1. The Morgan fingerprint density at radius 2 is 2.00 bits per heavy atom. The molecule has 0 nitrogen and oxygen atoms in total. The van der Waals surface area contributed by atoms with E-state index < -0.39 is 11.6 Å². The highest BCUT2D eigenvalue weighted by atomic mass is 19.1. The molecule has 0 fully saturated rings. The van der Waals surface area contributed by atoms with Gasteiger partial charge in [0.05, 0.1) is 0 Å². The average molecular weight is 206 g/mol. The predicted octanol–water partition coefficient (Wildman–Crippen LogP) is 4.09. The molecule has 1 aliphatic rings. The zero-order chi connectivity index (χ0) is 10.8. The zero-order valence-electron chi connectivity index (χ0n) is 8.56. The molecular weight excluding hydrogens is 194 g/mol. The zero-order valence-corrected chi connectivity index (χ0v) is 8.56. The van der Waals surface area contributed by atoms with Gasteiger partial charge in [0.2, 0.25) is 0 Å². The highest BCUT2D eigenvalue weighted by Gasteiger charge is 2.13. The number of hydrogen-bond donors (Lipinski definition) is 0. The molecular formula is C13H12F2. The number of hydrogen-bond acceptors (Lipinski definition) is 0. The lowest BCUT2D eigenvalue weighted by molar-refractivity contribution is 0.580. The van der Waals surface area contributed by atoms with Crippen LogP contribution in [0.3, 0.4) is 0 Å². The maximum absolute atomic E-state index is 13.4. The van der Waals surface area contributed by atoms with E-state index in [-0.39, 0.29) is 0 Å². The molecule has 0 atom stereocenters. The number of allylic oxidation sites excluding steroid dienone is 4. The second kappa shape index (κ2) is 3.97. The normalized spacial score (nSPS) is 15.1. The van der Waals surface area contributed by atoms with Gasteiger partial charge >= 0.3 is 0 Å². The van der Waals surface area contributed by atoms with Crippen molar-refractivity contribution in [3.05, 3.63) is 53.1 Å². The van der Waals surface area contributed by atoms with Crippen molar-refractivity contribution in [2.45, 2.75) is 19.8 Å². The molecule has 0 N–H and O–H groups in total. The Labute approximate surface area is 87.9 Å². The van der Waals surface area contributed by atoms with Gasteiger partial charge in [-0.2, -0.15) is 0 Å². The van der Waals surface area contributed by atoms with Gasteiger partial charge in [-0.15, -0.1) is 0 Å². The molecule has 0 unspecified atom stereocenters. The molecule has 2 heteroatoms. The van der Waals surface area contributed by atoms with Crippen LogP contribution in [0.1, 0.15) is 25.3 Å². The van der Waals surface area contributed by atoms with Gasteiger partial charge in [-0.3, -0.25) is 0 Å². The maximum Gasteiger partial charge on any atom is 0.133 e. The minimum atomic E-state index is -0.529. The Balaban J connectivity index is 2.26. The molecule has 0 spiro atoms. The number of rotatable bonds is 2. The highest BCUT2D eigenvalue weighted by Crippen LogP contribution is 2.31. The van der Waals surface area contributed by atoms with Crippen LogP contribution in [0.15, 0.2) is 35.9 Å². The number of halogens is 2. The van der Waals surface area contributed by atoms with E-state index in [9.17, 15) is 8.78 Å². The van der Waals surface area contributed by atoms with Crippen molar-refractivity contribution >= 4 is 5.57 Å². The van der Waals surface area contributed by atoms with E-state index in [1.165, 1.54) is 17.7 Å². The van der Waals surface area contributed by atoms with Crippen molar-refractivity contribution < 1.29 is 8.78 Å². The lowest BCUT2D eigenvalue weighted by Crippen LogP contribution is -1.90. The summed E-state index contributed by atoms with van der Waals surface area (Å²) in [5, 5.41) is 0. The van der Waals surface area contributed by atoms with Crippen LogP contribution in [0.4, 0.5) is 8.78 Å². The van der Waals surface area contributed by atoms with E-state index in [1.54, 1.807) is 0 Å². The van der Waals surface area contributed by atoms with Gasteiger partial charge < -0.3 is 0 Å². The third-order valence-electron chi connectivity index (χ3n) is 2.67. The largest absolute Gasteiger partial charge is 0.207 e. The summed E-state index contributed by atoms with van der Waals surface area (Å²) in [5.41, 5.74) is 2.73. The predicted molar refractivity (Wildman–Crippen MR) is 57.3 cm³/mol. The van der Waals surface area contributed by atoms with Crippen LogP contribution < -0.4 is 0 Å². The third-order valence-corrected chi connectivity index (χ3v) is 2.67. The molecule has 1 aromatic carbocycles. The standard InChI is InChI=1S/C13H12F2/c1-2-9-3-4-10(7-9)12-6-5-11(14)8-13(12)15/h3-6,8H,2,7H2,1H3. The van der Waals surface area contributed by atoms with Gasteiger partial charge in [-0.1, -0.05) is 24.6 Å². The Morgan fingerprint density at radius 3 is 2.60 bits per heavy atom. The van der Waals surface area contributed by atoms with Crippen LogP contribution in [0.5, 0.6) is 0 Å². The summed E-state index contributed by atoms with van der Waals surface area (Å²) in [6, 6.07) is 3.73. The first-order valence-electron chi connectivity index (χ1n) is 5.04. The van der Waals surface area contributed by atoms with Crippen molar-refractivity contribution in [3.63, 3.8) is 0 Å². The summed E-state index contributed by atoms with van der Waals surface area (Å²) in [5.74, 6) is -1.01. The molecule has 2 rings (SSSR count).